The molecule has 232 valence electrons. The lowest BCUT2D eigenvalue weighted by atomic mass is 9.90. The van der Waals surface area contributed by atoms with Crippen LogP contribution in [0, 0.1) is 0 Å². The van der Waals surface area contributed by atoms with Crippen molar-refractivity contribution >= 4 is 17.6 Å². The number of likely N-dealkylation sites (tertiary alicyclic amines) is 1. The Morgan fingerprint density at radius 2 is 1.73 bits per heavy atom. The summed E-state index contributed by atoms with van der Waals surface area (Å²) in [6.45, 7) is -0.0985. The first-order valence-electron chi connectivity index (χ1n) is 13.6. The summed E-state index contributed by atoms with van der Waals surface area (Å²) in [4.78, 5) is 17.2. The predicted octanol–water partition coefficient (Wildman–Crippen LogP) is 8.23. The Morgan fingerprint density at radius 1 is 1.00 bits per heavy atom. The fourth-order valence-corrected chi connectivity index (χ4v) is 5.65. The molecule has 0 spiro atoms. The largest absolute Gasteiger partial charge is 0.487 e. The normalized spacial score (nSPS) is 16.2. The fraction of sp³-hybridized carbons (Fsp3) is 0.290. The Bertz CT molecular complexity index is 1640. The smallest absolute Gasteiger partial charge is 0.432 e. The zero-order valence-electron chi connectivity index (χ0n) is 23.0. The number of nitrogens with zero attached hydrogens (tertiary/aromatic N) is 3. The van der Waals surface area contributed by atoms with Gasteiger partial charge in [0, 0.05) is 18.3 Å². The fourth-order valence-electron chi connectivity index (χ4n) is 5.42. The van der Waals surface area contributed by atoms with Gasteiger partial charge in [-0.3, -0.25) is 9.47 Å². The average molecular weight is 638 g/mol. The highest BCUT2D eigenvalue weighted by atomic mass is 35.5. The molecule has 1 atom stereocenters. The van der Waals surface area contributed by atoms with E-state index in [2.05, 4.69) is 4.98 Å². The molecule has 0 aliphatic carbocycles. The zero-order chi connectivity index (χ0) is 31.6. The van der Waals surface area contributed by atoms with E-state index in [4.69, 9.17) is 16.3 Å². The van der Waals surface area contributed by atoms with E-state index in [0.29, 0.717) is 29.6 Å². The van der Waals surface area contributed by atoms with Crippen molar-refractivity contribution < 1.29 is 41.0 Å². The summed E-state index contributed by atoms with van der Waals surface area (Å²) in [5.74, 6) is -1.64. The van der Waals surface area contributed by atoms with Gasteiger partial charge in [0.05, 0.1) is 22.8 Å². The van der Waals surface area contributed by atoms with Crippen LogP contribution in [0.2, 0.25) is 5.02 Å². The van der Waals surface area contributed by atoms with E-state index in [9.17, 15) is 36.2 Å². The first kappa shape index (κ1) is 31.4. The molecule has 5 rings (SSSR count). The molecule has 4 aromatic rings. The second-order valence-electron chi connectivity index (χ2n) is 10.5. The molecule has 0 saturated carbocycles. The SMILES string of the molecule is O=C(O)c1ccn(-c2cccc(-c3cccc(Cl)c3OCc3ccc([C@@H]4CCCN(CC(F)(F)F)C4)cc3)n2)c1C(F)(F)F. The molecule has 2 aromatic heterocycles. The second-order valence-corrected chi connectivity index (χ2v) is 10.9. The number of rotatable bonds is 8. The van der Waals surface area contributed by atoms with Crippen LogP contribution in [-0.2, 0) is 12.8 Å². The molecular formula is C31H26ClF6N3O3. The van der Waals surface area contributed by atoms with E-state index in [-0.39, 0.29) is 34.8 Å². The number of aromatic carboxylic acids is 1. The number of pyridine rings is 1. The van der Waals surface area contributed by atoms with E-state index >= 15 is 0 Å². The molecule has 0 amide bonds. The van der Waals surface area contributed by atoms with Crippen LogP contribution in [0.4, 0.5) is 26.3 Å². The van der Waals surface area contributed by atoms with Gasteiger partial charge in [0.25, 0.3) is 0 Å². The molecule has 6 nitrogen and oxygen atoms in total. The average Bonchev–Trinajstić information content (AvgIpc) is 3.43. The number of hydrogen-bond donors (Lipinski definition) is 1. The maximum Gasteiger partial charge on any atom is 0.432 e. The predicted molar refractivity (Wildman–Crippen MR) is 151 cm³/mol. The lowest BCUT2D eigenvalue weighted by Crippen LogP contribution is -2.40. The first-order chi connectivity index (χ1) is 20.8. The molecule has 0 unspecified atom stereocenters. The standard InChI is InChI=1S/C31H26ClF6N3O3/c32-24-6-1-5-22(25-7-2-8-26(39-25)41-15-13-23(29(42)43)28(41)31(36,37)38)27(24)44-17-19-9-11-20(12-10-19)21-4-3-14-40(16-21)18-30(33,34)35/h1-2,5-13,15,21H,3-4,14,16-18H2,(H,42,43)/t21-/m1/s1. The summed E-state index contributed by atoms with van der Waals surface area (Å²) in [7, 11) is 0. The highest BCUT2D eigenvalue weighted by Gasteiger charge is 2.40. The van der Waals surface area contributed by atoms with Crippen molar-refractivity contribution in [1.29, 1.82) is 0 Å². The highest BCUT2D eigenvalue weighted by molar-refractivity contribution is 6.32. The summed E-state index contributed by atoms with van der Waals surface area (Å²) in [6.07, 6.45) is -6.72. The summed E-state index contributed by atoms with van der Waals surface area (Å²) in [5, 5.41) is 9.51. The van der Waals surface area contributed by atoms with Crippen molar-refractivity contribution in [2.45, 2.75) is 37.7 Å². The molecule has 13 heteroatoms. The van der Waals surface area contributed by atoms with Crippen LogP contribution in [0.25, 0.3) is 17.1 Å². The minimum atomic E-state index is -4.95. The monoisotopic (exact) mass is 637 g/mol. The molecule has 44 heavy (non-hydrogen) atoms. The van der Waals surface area contributed by atoms with Crippen molar-refractivity contribution in [2.75, 3.05) is 19.6 Å². The van der Waals surface area contributed by atoms with E-state index in [1.165, 1.54) is 17.0 Å². The zero-order valence-corrected chi connectivity index (χ0v) is 23.8. The van der Waals surface area contributed by atoms with Crippen LogP contribution >= 0.6 is 11.6 Å². The van der Waals surface area contributed by atoms with Gasteiger partial charge in [-0.1, -0.05) is 48.0 Å². The Labute approximate surface area is 253 Å². The van der Waals surface area contributed by atoms with Crippen LogP contribution in [0.5, 0.6) is 5.75 Å². The van der Waals surface area contributed by atoms with Gasteiger partial charge in [0.1, 0.15) is 23.9 Å². The summed E-state index contributed by atoms with van der Waals surface area (Å²) < 4.78 is 86.7. The van der Waals surface area contributed by atoms with Crippen LogP contribution in [-0.4, -0.2) is 51.3 Å². The van der Waals surface area contributed by atoms with Crippen molar-refractivity contribution in [3.63, 3.8) is 0 Å². The van der Waals surface area contributed by atoms with E-state index in [0.717, 1.165) is 29.8 Å². The number of para-hydroxylation sites is 1. The molecule has 1 N–H and O–H groups in total. The number of halogens is 7. The van der Waals surface area contributed by atoms with E-state index < -0.39 is 36.1 Å². The molecule has 0 radical (unpaired) electrons. The number of carboxylic acids is 1. The van der Waals surface area contributed by atoms with Gasteiger partial charge in [-0.2, -0.15) is 26.3 Å². The number of hydrogen-bond acceptors (Lipinski definition) is 4. The van der Waals surface area contributed by atoms with Crippen molar-refractivity contribution in [3.05, 3.63) is 100 Å². The van der Waals surface area contributed by atoms with Gasteiger partial charge < -0.3 is 9.84 Å². The van der Waals surface area contributed by atoms with Gasteiger partial charge in [-0.05, 0) is 66.8 Å². The molecule has 1 aliphatic heterocycles. The maximum absolute atomic E-state index is 13.8. The maximum atomic E-state index is 13.8. The third-order valence-corrected chi connectivity index (χ3v) is 7.65. The number of ether oxygens (including phenoxy) is 1. The van der Waals surface area contributed by atoms with Crippen LogP contribution in [0.15, 0.2) is 72.9 Å². The number of benzene rings is 2. The minimum absolute atomic E-state index is 0.0145. The Kier molecular flexibility index (Phi) is 8.94. The van der Waals surface area contributed by atoms with Crippen molar-refractivity contribution in [1.82, 2.24) is 14.5 Å². The van der Waals surface area contributed by atoms with Crippen LogP contribution in [0.3, 0.4) is 0 Å². The van der Waals surface area contributed by atoms with Gasteiger partial charge in [0.2, 0.25) is 0 Å². The molecular weight excluding hydrogens is 612 g/mol. The summed E-state index contributed by atoms with van der Waals surface area (Å²) in [5.41, 5.74) is 0.102. The molecule has 1 saturated heterocycles. The lowest BCUT2D eigenvalue weighted by Gasteiger charge is -2.33. The number of aromatic nitrogens is 2. The quantitative estimate of drug-likeness (QED) is 0.197. The molecule has 2 aromatic carbocycles. The van der Waals surface area contributed by atoms with E-state index in [1.54, 1.807) is 24.3 Å². The Morgan fingerprint density at radius 3 is 2.41 bits per heavy atom. The molecule has 0 bridgehead atoms. The lowest BCUT2D eigenvalue weighted by molar-refractivity contribution is -0.148. The topological polar surface area (TPSA) is 67.6 Å². The number of piperidine rings is 1. The first-order valence-corrected chi connectivity index (χ1v) is 14.0. The third-order valence-electron chi connectivity index (χ3n) is 7.35. The Balaban J connectivity index is 1.35. The minimum Gasteiger partial charge on any atom is -0.487 e. The number of alkyl halides is 6. The molecule has 1 fully saturated rings. The van der Waals surface area contributed by atoms with Gasteiger partial charge in [-0.15, -0.1) is 0 Å². The third kappa shape index (κ3) is 7.19. The van der Waals surface area contributed by atoms with Crippen LogP contribution < -0.4 is 4.74 Å². The van der Waals surface area contributed by atoms with Gasteiger partial charge in [0.15, 0.2) is 0 Å². The summed E-state index contributed by atoms with van der Waals surface area (Å²) in [6, 6.07) is 17.5. The number of carboxylic acid groups (broad SMARTS) is 1. The van der Waals surface area contributed by atoms with Crippen molar-refractivity contribution in [2.24, 2.45) is 0 Å². The second kappa shape index (κ2) is 12.5. The number of carbonyl (C=O) groups is 1. The highest BCUT2D eigenvalue weighted by Crippen LogP contribution is 2.38. The molecule has 1 aliphatic rings. The van der Waals surface area contributed by atoms with Crippen LogP contribution in [0.1, 0.15) is 45.9 Å². The van der Waals surface area contributed by atoms with Gasteiger partial charge >= 0.3 is 18.3 Å². The Hall–Kier alpha value is -4.03. The van der Waals surface area contributed by atoms with Crippen molar-refractivity contribution in [3.8, 4) is 22.8 Å². The van der Waals surface area contributed by atoms with Gasteiger partial charge in [-0.25, -0.2) is 9.78 Å². The molecule has 3 heterocycles. The summed E-state index contributed by atoms with van der Waals surface area (Å²) >= 11 is 6.46. The van der Waals surface area contributed by atoms with E-state index in [1.807, 2.05) is 24.3 Å².